The third-order valence-electron chi connectivity index (χ3n) is 3.02. The monoisotopic (exact) mass is 209 g/mol. The van der Waals surface area contributed by atoms with Crippen molar-refractivity contribution in [2.24, 2.45) is 12.8 Å². The normalized spacial score (nSPS) is 19.6. The van der Waals surface area contributed by atoms with Crippen molar-refractivity contribution >= 4 is 0 Å². The van der Waals surface area contributed by atoms with Crippen molar-refractivity contribution in [3.63, 3.8) is 0 Å². The summed E-state index contributed by atoms with van der Waals surface area (Å²) in [4.78, 5) is 0. The summed E-state index contributed by atoms with van der Waals surface area (Å²) in [5.41, 5.74) is 7.23. The van der Waals surface area contributed by atoms with E-state index in [4.69, 9.17) is 10.5 Å². The van der Waals surface area contributed by atoms with Crippen LogP contribution in [0, 0.1) is 0 Å². The fraction of sp³-hybridized carbons (Fsp3) is 0.727. The smallest absolute Gasteiger partial charge is 0.0748 e. The van der Waals surface area contributed by atoms with E-state index in [9.17, 15) is 0 Å². The molecule has 0 saturated heterocycles. The molecule has 84 valence electrons. The summed E-state index contributed by atoms with van der Waals surface area (Å²) in [6.07, 6.45) is 8.48. The SMILES string of the molecule is Cn1cc(COCC2(N)CCCC2)cn1. The summed E-state index contributed by atoms with van der Waals surface area (Å²) in [7, 11) is 1.91. The van der Waals surface area contributed by atoms with E-state index >= 15 is 0 Å². The molecule has 1 aliphatic rings. The van der Waals surface area contributed by atoms with E-state index in [1.165, 1.54) is 12.8 Å². The zero-order chi connectivity index (χ0) is 10.7. The van der Waals surface area contributed by atoms with E-state index in [1.807, 2.05) is 19.4 Å². The first-order valence-electron chi connectivity index (χ1n) is 5.52. The zero-order valence-electron chi connectivity index (χ0n) is 9.28. The number of hydrogen-bond acceptors (Lipinski definition) is 3. The van der Waals surface area contributed by atoms with Gasteiger partial charge in [0.2, 0.25) is 0 Å². The van der Waals surface area contributed by atoms with Crippen LogP contribution in [0.15, 0.2) is 12.4 Å². The van der Waals surface area contributed by atoms with Crippen LogP contribution in [0.1, 0.15) is 31.2 Å². The van der Waals surface area contributed by atoms with Gasteiger partial charge in [-0.05, 0) is 12.8 Å². The van der Waals surface area contributed by atoms with Gasteiger partial charge >= 0.3 is 0 Å². The molecule has 4 heteroatoms. The minimum Gasteiger partial charge on any atom is -0.375 e. The van der Waals surface area contributed by atoms with Crippen LogP contribution in [0.4, 0.5) is 0 Å². The molecule has 15 heavy (non-hydrogen) atoms. The largest absolute Gasteiger partial charge is 0.375 e. The second-order valence-corrected chi connectivity index (χ2v) is 4.58. The van der Waals surface area contributed by atoms with Gasteiger partial charge in [-0.2, -0.15) is 5.10 Å². The minimum absolute atomic E-state index is 0.0673. The molecule has 0 aliphatic heterocycles. The molecule has 1 aliphatic carbocycles. The fourth-order valence-electron chi connectivity index (χ4n) is 2.14. The third kappa shape index (κ3) is 2.79. The number of rotatable bonds is 4. The van der Waals surface area contributed by atoms with Crippen LogP contribution in [0.5, 0.6) is 0 Å². The molecule has 0 bridgehead atoms. The van der Waals surface area contributed by atoms with Crippen LogP contribution in [0.25, 0.3) is 0 Å². The molecule has 1 saturated carbocycles. The van der Waals surface area contributed by atoms with Crippen LogP contribution in [0.3, 0.4) is 0 Å². The molecule has 2 N–H and O–H groups in total. The van der Waals surface area contributed by atoms with Gasteiger partial charge in [-0.1, -0.05) is 12.8 Å². The van der Waals surface area contributed by atoms with E-state index in [0.717, 1.165) is 18.4 Å². The van der Waals surface area contributed by atoms with E-state index in [2.05, 4.69) is 5.10 Å². The average Bonchev–Trinajstić information content (AvgIpc) is 2.76. The van der Waals surface area contributed by atoms with Gasteiger partial charge in [0.25, 0.3) is 0 Å². The Morgan fingerprint density at radius 1 is 1.53 bits per heavy atom. The molecule has 4 nitrogen and oxygen atoms in total. The topological polar surface area (TPSA) is 53.1 Å². The summed E-state index contributed by atoms with van der Waals surface area (Å²) < 4.78 is 7.43. The van der Waals surface area contributed by atoms with Crippen molar-refractivity contribution < 1.29 is 4.74 Å². The van der Waals surface area contributed by atoms with E-state index < -0.39 is 0 Å². The lowest BCUT2D eigenvalue weighted by molar-refractivity contribution is 0.0750. The number of aromatic nitrogens is 2. The first-order valence-corrected chi connectivity index (χ1v) is 5.52. The number of ether oxygens (including phenoxy) is 1. The van der Waals surface area contributed by atoms with Crippen molar-refractivity contribution in [2.75, 3.05) is 6.61 Å². The molecular formula is C11H19N3O. The molecule has 1 aromatic heterocycles. The highest BCUT2D eigenvalue weighted by Crippen LogP contribution is 2.27. The summed E-state index contributed by atoms with van der Waals surface area (Å²) in [6, 6.07) is 0. The number of nitrogens with two attached hydrogens (primary N) is 1. The molecule has 0 spiro atoms. The van der Waals surface area contributed by atoms with Crippen LogP contribution in [-0.2, 0) is 18.4 Å². The van der Waals surface area contributed by atoms with Gasteiger partial charge in [-0.15, -0.1) is 0 Å². The Morgan fingerprint density at radius 3 is 2.87 bits per heavy atom. The van der Waals surface area contributed by atoms with Crippen molar-refractivity contribution in [3.05, 3.63) is 18.0 Å². The Hall–Kier alpha value is -0.870. The molecule has 0 aromatic carbocycles. The van der Waals surface area contributed by atoms with Gasteiger partial charge in [-0.25, -0.2) is 0 Å². The van der Waals surface area contributed by atoms with Crippen LogP contribution < -0.4 is 5.73 Å². The van der Waals surface area contributed by atoms with Gasteiger partial charge in [0.1, 0.15) is 0 Å². The molecule has 2 rings (SSSR count). The Labute approximate surface area is 90.4 Å². The van der Waals surface area contributed by atoms with E-state index in [-0.39, 0.29) is 5.54 Å². The summed E-state index contributed by atoms with van der Waals surface area (Å²) >= 11 is 0. The lowest BCUT2D eigenvalue weighted by atomic mass is 10.0. The van der Waals surface area contributed by atoms with Gasteiger partial charge < -0.3 is 10.5 Å². The maximum atomic E-state index is 6.18. The quantitative estimate of drug-likeness (QED) is 0.811. The Balaban J connectivity index is 1.75. The molecule has 1 aromatic rings. The molecule has 1 fully saturated rings. The highest BCUT2D eigenvalue weighted by Gasteiger charge is 2.29. The number of nitrogens with zero attached hydrogens (tertiary/aromatic N) is 2. The Morgan fingerprint density at radius 2 is 2.27 bits per heavy atom. The number of hydrogen-bond donors (Lipinski definition) is 1. The van der Waals surface area contributed by atoms with E-state index in [1.54, 1.807) is 4.68 Å². The summed E-state index contributed by atoms with van der Waals surface area (Å²) in [5.74, 6) is 0. The third-order valence-corrected chi connectivity index (χ3v) is 3.02. The second-order valence-electron chi connectivity index (χ2n) is 4.58. The Kier molecular flexibility index (Phi) is 3.07. The molecule has 0 atom stereocenters. The first-order chi connectivity index (χ1) is 7.18. The van der Waals surface area contributed by atoms with Crippen molar-refractivity contribution in [1.29, 1.82) is 0 Å². The standard InChI is InChI=1S/C11H19N3O/c1-14-7-10(6-13-14)8-15-9-11(12)4-2-3-5-11/h6-7H,2-5,8-9,12H2,1H3. The van der Waals surface area contributed by atoms with Crippen molar-refractivity contribution in [2.45, 2.75) is 37.8 Å². The maximum Gasteiger partial charge on any atom is 0.0748 e. The lowest BCUT2D eigenvalue weighted by Crippen LogP contribution is -2.41. The summed E-state index contributed by atoms with van der Waals surface area (Å²) in [5, 5.41) is 4.09. The van der Waals surface area contributed by atoms with Gasteiger partial charge in [0, 0.05) is 24.3 Å². The van der Waals surface area contributed by atoms with Crippen LogP contribution >= 0.6 is 0 Å². The van der Waals surface area contributed by atoms with Gasteiger partial charge in [0.15, 0.2) is 0 Å². The molecule has 1 heterocycles. The van der Waals surface area contributed by atoms with Crippen LogP contribution in [0.2, 0.25) is 0 Å². The second kappa shape index (κ2) is 4.33. The maximum absolute atomic E-state index is 6.18. The molecule has 0 unspecified atom stereocenters. The zero-order valence-corrected chi connectivity index (χ0v) is 9.28. The predicted octanol–water partition coefficient (Wildman–Crippen LogP) is 1.21. The van der Waals surface area contributed by atoms with Gasteiger partial charge in [0.05, 0.1) is 19.4 Å². The highest BCUT2D eigenvalue weighted by atomic mass is 16.5. The summed E-state index contributed by atoms with van der Waals surface area (Å²) in [6.45, 7) is 1.29. The average molecular weight is 209 g/mol. The minimum atomic E-state index is -0.0673. The molecular weight excluding hydrogens is 190 g/mol. The van der Waals surface area contributed by atoms with E-state index in [0.29, 0.717) is 13.2 Å². The Bertz CT molecular complexity index is 315. The predicted molar refractivity (Wildman–Crippen MR) is 58.3 cm³/mol. The molecule has 0 amide bonds. The fourth-order valence-corrected chi connectivity index (χ4v) is 2.14. The number of aryl methyl sites for hydroxylation is 1. The lowest BCUT2D eigenvalue weighted by Gasteiger charge is -2.22. The van der Waals surface area contributed by atoms with Gasteiger partial charge in [-0.3, -0.25) is 4.68 Å². The van der Waals surface area contributed by atoms with Crippen molar-refractivity contribution in [3.8, 4) is 0 Å². The highest BCUT2D eigenvalue weighted by molar-refractivity contribution is 5.01. The van der Waals surface area contributed by atoms with Crippen molar-refractivity contribution in [1.82, 2.24) is 9.78 Å². The first kappa shape index (κ1) is 10.6. The molecule has 0 radical (unpaired) electrons. The van der Waals surface area contributed by atoms with Crippen LogP contribution in [-0.4, -0.2) is 21.9 Å².